The third-order valence-corrected chi connectivity index (χ3v) is 5.08. The van der Waals surface area contributed by atoms with Crippen LogP contribution in [0, 0.1) is 0 Å². The van der Waals surface area contributed by atoms with Crippen LogP contribution in [-0.4, -0.2) is 15.5 Å². The van der Waals surface area contributed by atoms with Crippen LogP contribution in [0.3, 0.4) is 0 Å². The Morgan fingerprint density at radius 1 is 1.17 bits per heavy atom. The number of carbonyl (C=O) groups excluding carboxylic acids is 1. The van der Waals surface area contributed by atoms with Gasteiger partial charge in [0.1, 0.15) is 6.61 Å². The number of pyridine rings is 2. The van der Waals surface area contributed by atoms with Gasteiger partial charge in [0.15, 0.2) is 0 Å². The van der Waals surface area contributed by atoms with E-state index in [9.17, 15) is 9.59 Å². The van der Waals surface area contributed by atoms with Crippen LogP contribution in [0.5, 0.6) is 0 Å². The van der Waals surface area contributed by atoms with E-state index in [1.165, 1.54) is 0 Å². The van der Waals surface area contributed by atoms with Crippen LogP contribution in [0.1, 0.15) is 22.3 Å². The molecule has 2 aliphatic heterocycles. The summed E-state index contributed by atoms with van der Waals surface area (Å²) in [4.78, 5) is 29.5. The van der Waals surface area contributed by atoms with Gasteiger partial charge in [0.05, 0.1) is 34.6 Å². The summed E-state index contributed by atoms with van der Waals surface area (Å²) >= 11 is 0. The number of hydrogen-bond acceptors (Lipinski definition) is 4. The molecule has 6 rings (SSSR count). The normalized spacial score (nSPS) is 16.0. The Morgan fingerprint density at radius 3 is 2.96 bits per heavy atom. The molecule has 24 heavy (non-hydrogen) atoms. The maximum atomic E-state index is 12.9. The topological polar surface area (TPSA) is 61.2 Å². The van der Waals surface area contributed by atoms with E-state index in [0.717, 1.165) is 39.0 Å². The molecule has 3 aromatic rings. The van der Waals surface area contributed by atoms with Crippen molar-refractivity contribution in [2.24, 2.45) is 0 Å². The lowest BCUT2D eigenvalue weighted by atomic mass is 9.82. The molecule has 1 aromatic carbocycles. The van der Waals surface area contributed by atoms with E-state index in [0.29, 0.717) is 17.7 Å². The van der Waals surface area contributed by atoms with Gasteiger partial charge in [-0.15, -0.1) is 0 Å². The van der Waals surface area contributed by atoms with Crippen LogP contribution in [0.25, 0.3) is 33.9 Å². The van der Waals surface area contributed by atoms with Crippen molar-refractivity contribution >= 4 is 28.5 Å². The Morgan fingerprint density at radius 2 is 2.04 bits per heavy atom. The van der Waals surface area contributed by atoms with Gasteiger partial charge in [-0.25, -0.2) is 9.78 Å². The Balaban J connectivity index is 1.72. The van der Waals surface area contributed by atoms with Crippen LogP contribution < -0.4 is 5.56 Å². The lowest BCUT2D eigenvalue weighted by molar-refractivity contribution is -0.138. The molecule has 0 amide bonds. The quantitative estimate of drug-likeness (QED) is 0.467. The number of benzene rings is 1. The number of cyclic esters (lactones) is 1. The predicted molar refractivity (Wildman–Crippen MR) is 88.2 cm³/mol. The second-order valence-electron chi connectivity index (χ2n) is 6.33. The highest BCUT2D eigenvalue weighted by Crippen LogP contribution is 2.45. The summed E-state index contributed by atoms with van der Waals surface area (Å²) in [6.07, 6.45) is 1.82. The summed E-state index contributed by atoms with van der Waals surface area (Å²) in [5.74, 6) is -0.343. The van der Waals surface area contributed by atoms with E-state index >= 15 is 0 Å². The van der Waals surface area contributed by atoms with Crippen molar-refractivity contribution in [3.8, 4) is 11.4 Å². The molecule has 0 spiro atoms. The Kier molecular flexibility index (Phi) is 1.95. The zero-order valence-electron chi connectivity index (χ0n) is 12.5. The number of esters is 1. The minimum absolute atomic E-state index is 0.0589. The van der Waals surface area contributed by atoms with E-state index in [-0.39, 0.29) is 18.1 Å². The first-order valence-electron chi connectivity index (χ1n) is 7.80. The van der Waals surface area contributed by atoms with Gasteiger partial charge in [-0.3, -0.25) is 4.79 Å². The smallest absolute Gasteiger partial charge is 0.339 e. The van der Waals surface area contributed by atoms with Gasteiger partial charge in [-0.2, -0.15) is 0 Å². The minimum atomic E-state index is -0.343. The average Bonchev–Trinajstić information content (AvgIpc) is 2.92. The molecule has 0 N–H and O–H groups in total. The fourth-order valence-corrected chi connectivity index (χ4v) is 3.96. The molecular formula is C19H10N2O3. The summed E-state index contributed by atoms with van der Waals surface area (Å²) < 4.78 is 6.87. The summed E-state index contributed by atoms with van der Waals surface area (Å²) in [6.45, 7) is 0.572. The van der Waals surface area contributed by atoms with Crippen LogP contribution in [-0.2, 0) is 22.7 Å². The Bertz CT molecular complexity index is 1220. The molecule has 5 nitrogen and oxygen atoms in total. The Labute approximate surface area is 135 Å². The number of para-hydroxylation sites is 1. The fraction of sp³-hybridized carbons (Fsp3) is 0.105. The van der Waals surface area contributed by atoms with Crippen molar-refractivity contribution in [2.75, 3.05) is 0 Å². The van der Waals surface area contributed by atoms with Gasteiger partial charge in [-0.05, 0) is 18.2 Å². The van der Waals surface area contributed by atoms with E-state index in [2.05, 4.69) is 6.07 Å². The average molecular weight is 314 g/mol. The molecule has 0 saturated heterocycles. The molecule has 0 atom stereocenters. The number of ether oxygens (including phenoxy) is 1. The standard InChI is InChI=1S/C19H10N2O3/c22-18-13-8-24-19(23)12-6-11(15(12)13)17-16-10(7-21(17)18)5-9-3-1-2-4-14(9)20-16/h1-6H,7-8H2. The predicted octanol–water partition coefficient (Wildman–Crippen LogP) is 2.34. The van der Waals surface area contributed by atoms with Crippen molar-refractivity contribution in [3.63, 3.8) is 0 Å². The number of rotatable bonds is 0. The second-order valence-corrected chi connectivity index (χ2v) is 6.33. The van der Waals surface area contributed by atoms with E-state index < -0.39 is 0 Å². The number of aromatic nitrogens is 2. The lowest BCUT2D eigenvalue weighted by Crippen LogP contribution is -2.33. The Hall–Kier alpha value is -3.21. The summed E-state index contributed by atoms with van der Waals surface area (Å²) in [5.41, 5.74) is 6.36. The van der Waals surface area contributed by atoms with Crippen LogP contribution in [0.15, 0.2) is 35.1 Å². The van der Waals surface area contributed by atoms with Crippen molar-refractivity contribution < 1.29 is 9.53 Å². The molecule has 0 radical (unpaired) electrons. The molecule has 0 saturated carbocycles. The molecule has 114 valence electrons. The van der Waals surface area contributed by atoms with E-state index in [1.807, 2.05) is 30.3 Å². The maximum absolute atomic E-state index is 12.9. The van der Waals surface area contributed by atoms with Crippen LogP contribution in [0.4, 0.5) is 0 Å². The van der Waals surface area contributed by atoms with E-state index in [4.69, 9.17) is 9.72 Å². The first-order valence-corrected chi connectivity index (χ1v) is 7.80. The zero-order valence-corrected chi connectivity index (χ0v) is 12.5. The van der Waals surface area contributed by atoms with Crippen molar-refractivity contribution in [1.29, 1.82) is 0 Å². The van der Waals surface area contributed by atoms with Gasteiger partial charge in [0, 0.05) is 22.1 Å². The number of carbonyl (C=O) groups is 1. The van der Waals surface area contributed by atoms with Gasteiger partial charge in [0.25, 0.3) is 5.56 Å². The minimum Gasteiger partial charge on any atom is -0.457 e. The van der Waals surface area contributed by atoms with Gasteiger partial charge in [0.2, 0.25) is 0 Å². The molecule has 0 bridgehead atoms. The highest BCUT2D eigenvalue weighted by molar-refractivity contribution is 6.29. The molecule has 3 aliphatic rings. The number of nitrogens with zero attached hydrogens (tertiary/aromatic N) is 2. The van der Waals surface area contributed by atoms with Gasteiger partial charge < -0.3 is 9.30 Å². The highest BCUT2D eigenvalue weighted by Gasteiger charge is 2.39. The highest BCUT2D eigenvalue weighted by atomic mass is 16.5. The molecular weight excluding hydrogens is 304 g/mol. The molecule has 4 heterocycles. The monoisotopic (exact) mass is 314 g/mol. The third kappa shape index (κ3) is 1.26. The summed E-state index contributed by atoms with van der Waals surface area (Å²) in [7, 11) is 0. The molecule has 0 fully saturated rings. The third-order valence-electron chi connectivity index (χ3n) is 5.08. The first-order chi connectivity index (χ1) is 11.7. The van der Waals surface area contributed by atoms with Crippen molar-refractivity contribution in [2.45, 2.75) is 13.2 Å². The zero-order chi connectivity index (χ0) is 16.0. The second kappa shape index (κ2) is 3.82. The van der Waals surface area contributed by atoms with Gasteiger partial charge in [-0.1, -0.05) is 18.2 Å². The lowest BCUT2D eigenvalue weighted by Gasteiger charge is -2.28. The maximum Gasteiger partial charge on any atom is 0.339 e. The molecule has 0 unspecified atom stereocenters. The summed E-state index contributed by atoms with van der Waals surface area (Å²) in [5, 5.41) is 1.07. The molecule has 2 aromatic heterocycles. The van der Waals surface area contributed by atoms with Crippen LogP contribution in [0.2, 0.25) is 0 Å². The fourth-order valence-electron chi connectivity index (χ4n) is 3.96. The summed E-state index contributed by atoms with van der Waals surface area (Å²) in [6, 6.07) is 10.0. The first kappa shape index (κ1) is 12.2. The molecule has 5 heteroatoms. The van der Waals surface area contributed by atoms with Gasteiger partial charge >= 0.3 is 5.97 Å². The van der Waals surface area contributed by atoms with Crippen LogP contribution >= 0.6 is 0 Å². The number of hydrogen-bond donors (Lipinski definition) is 0. The molecule has 1 aliphatic carbocycles. The SMILES string of the molecule is O=C1OCc2c3c(c4n(c2=O)Cc2cc5ccccc5nc2-4)C=C13. The van der Waals surface area contributed by atoms with E-state index in [1.54, 1.807) is 4.57 Å². The van der Waals surface area contributed by atoms with Crippen molar-refractivity contribution in [3.05, 3.63) is 62.9 Å². The number of fused-ring (bicyclic) bond motifs is 5. The van der Waals surface area contributed by atoms with Crippen molar-refractivity contribution in [1.82, 2.24) is 9.55 Å². The largest absolute Gasteiger partial charge is 0.457 e.